The van der Waals surface area contributed by atoms with E-state index in [1.54, 1.807) is 20.8 Å². The molecule has 0 fully saturated rings. The van der Waals surface area contributed by atoms with Crippen LogP contribution >= 0.6 is 11.6 Å². The van der Waals surface area contributed by atoms with Gasteiger partial charge in [0, 0.05) is 5.02 Å². The number of carbonyl (C=O) groups is 2. The molecular weight excluding hydrogens is 258 g/mol. The fourth-order valence-corrected chi connectivity index (χ4v) is 1.52. The number of benzene rings is 1. The van der Waals surface area contributed by atoms with Crippen molar-refractivity contribution in [3.63, 3.8) is 0 Å². The Labute approximate surface area is 109 Å². The fraction of sp³-hybridized carbons (Fsp3) is 0.333. The van der Waals surface area contributed by atoms with Gasteiger partial charge < -0.3 is 15.6 Å². The topological polar surface area (TPSA) is 89.6 Å². The van der Waals surface area contributed by atoms with Crippen molar-refractivity contribution in [3.8, 4) is 0 Å². The molecule has 0 aliphatic carbocycles. The molecule has 1 rings (SSSR count). The predicted octanol–water partition coefficient (Wildman–Crippen LogP) is 2.58. The van der Waals surface area contributed by atoms with Gasteiger partial charge in [0.25, 0.3) is 0 Å². The summed E-state index contributed by atoms with van der Waals surface area (Å²) in [6, 6.07) is 2.48. The number of aromatic carboxylic acids is 1. The summed E-state index contributed by atoms with van der Waals surface area (Å²) in [5.74, 6) is -1.95. The number of carbonyl (C=O) groups excluding carboxylic acids is 1. The van der Waals surface area contributed by atoms with Crippen LogP contribution in [0.4, 0.5) is 5.69 Å². The maximum atomic E-state index is 11.9. The van der Waals surface area contributed by atoms with Gasteiger partial charge in [0.1, 0.15) is 5.60 Å². The second-order valence-corrected chi connectivity index (χ2v) is 5.16. The first-order valence-electron chi connectivity index (χ1n) is 5.17. The van der Waals surface area contributed by atoms with E-state index in [-0.39, 0.29) is 21.8 Å². The van der Waals surface area contributed by atoms with Crippen LogP contribution in [0.25, 0.3) is 0 Å². The van der Waals surface area contributed by atoms with Crippen LogP contribution in [-0.2, 0) is 4.74 Å². The van der Waals surface area contributed by atoms with Gasteiger partial charge in [0.2, 0.25) is 0 Å². The van der Waals surface area contributed by atoms with Gasteiger partial charge in [-0.1, -0.05) is 11.6 Å². The highest BCUT2D eigenvalue weighted by Crippen LogP contribution is 2.25. The minimum Gasteiger partial charge on any atom is -0.478 e. The van der Waals surface area contributed by atoms with Gasteiger partial charge in [-0.3, -0.25) is 0 Å². The normalized spacial score (nSPS) is 11.1. The van der Waals surface area contributed by atoms with Crippen LogP contribution < -0.4 is 5.73 Å². The molecule has 3 N–H and O–H groups in total. The van der Waals surface area contributed by atoms with Gasteiger partial charge in [-0.05, 0) is 32.9 Å². The fourth-order valence-electron chi connectivity index (χ4n) is 1.30. The number of hydrogen-bond donors (Lipinski definition) is 2. The van der Waals surface area contributed by atoms with Gasteiger partial charge in [0.05, 0.1) is 16.8 Å². The van der Waals surface area contributed by atoms with Crippen molar-refractivity contribution < 1.29 is 19.4 Å². The minimum absolute atomic E-state index is 0.0465. The first kappa shape index (κ1) is 14.3. The van der Waals surface area contributed by atoms with E-state index in [1.807, 2.05) is 0 Å². The van der Waals surface area contributed by atoms with Crippen molar-refractivity contribution >= 4 is 29.2 Å². The van der Waals surface area contributed by atoms with Crippen LogP contribution in [0.3, 0.4) is 0 Å². The highest BCUT2D eigenvalue weighted by Gasteiger charge is 2.23. The van der Waals surface area contributed by atoms with E-state index in [2.05, 4.69) is 0 Å². The molecule has 0 aliphatic rings. The second kappa shape index (κ2) is 4.86. The molecule has 0 radical (unpaired) electrons. The Morgan fingerprint density at radius 1 is 1.28 bits per heavy atom. The summed E-state index contributed by atoms with van der Waals surface area (Å²) in [6.45, 7) is 5.09. The smallest absolute Gasteiger partial charge is 0.340 e. The summed E-state index contributed by atoms with van der Waals surface area (Å²) in [7, 11) is 0. The zero-order valence-corrected chi connectivity index (χ0v) is 11.0. The Morgan fingerprint density at radius 3 is 2.22 bits per heavy atom. The molecule has 0 unspecified atom stereocenters. The lowest BCUT2D eigenvalue weighted by Crippen LogP contribution is -2.25. The number of nitrogen functional groups attached to an aromatic ring is 1. The number of carboxylic acid groups (broad SMARTS) is 1. The van der Waals surface area contributed by atoms with E-state index in [0.717, 1.165) is 0 Å². The molecule has 0 heterocycles. The summed E-state index contributed by atoms with van der Waals surface area (Å²) < 4.78 is 5.12. The summed E-state index contributed by atoms with van der Waals surface area (Å²) >= 11 is 5.75. The highest BCUT2D eigenvalue weighted by molar-refractivity contribution is 6.31. The van der Waals surface area contributed by atoms with E-state index >= 15 is 0 Å². The van der Waals surface area contributed by atoms with Crippen molar-refractivity contribution in [2.24, 2.45) is 0 Å². The molecular formula is C12H14ClNO4. The zero-order chi connectivity index (χ0) is 14.1. The molecule has 0 aromatic heterocycles. The van der Waals surface area contributed by atoms with Crippen LogP contribution in [0.1, 0.15) is 41.5 Å². The molecule has 0 saturated heterocycles. The largest absolute Gasteiger partial charge is 0.478 e. The van der Waals surface area contributed by atoms with Crippen molar-refractivity contribution in [3.05, 3.63) is 28.3 Å². The first-order valence-corrected chi connectivity index (χ1v) is 5.55. The predicted molar refractivity (Wildman–Crippen MR) is 68.0 cm³/mol. The van der Waals surface area contributed by atoms with E-state index in [4.69, 9.17) is 27.2 Å². The van der Waals surface area contributed by atoms with Gasteiger partial charge in [-0.25, -0.2) is 9.59 Å². The quantitative estimate of drug-likeness (QED) is 0.637. The van der Waals surface area contributed by atoms with E-state index in [0.29, 0.717) is 0 Å². The van der Waals surface area contributed by atoms with E-state index in [1.165, 1.54) is 12.1 Å². The standard InChI is InChI=1S/C12H14ClNO4/c1-12(2,3)18-11(17)8-5-6(13)4-7(9(8)14)10(15)16/h4-5H,14H2,1-3H3,(H,15,16). The number of hydrogen-bond acceptors (Lipinski definition) is 4. The minimum atomic E-state index is -1.25. The molecule has 1 aromatic carbocycles. The molecule has 0 atom stereocenters. The van der Waals surface area contributed by atoms with E-state index < -0.39 is 17.5 Å². The van der Waals surface area contributed by atoms with Crippen LogP contribution in [0, 0.1) is 0 Å². The molecule has 0 saturated carbocycles. The van der Waals surface area contributed by atoms with Crippen LogP contribution in [-0.4, -0.2) is 22.6 Å². The molecule has 1 aromatic rings. The maximum absolute atomic E-state index is 11.9. The summed E-state index contributed by atoms with van der Waals surface area (Å²) in [5, 5.41) is 9.05. The molecule has 18 heavy (non-hydrogen) atoms. The number of rotatable bonds is 2. The summed E-state index contributed by atoms with van der Waals surface area (Å²) in [5.41, 5.74) is 4.52. The number of halogens is 1. The van der Waals surface area contributed by atoms with Gasteiger partial charge in [-0.2, -0.15) is 0 Å². The monoisotopic (exact) mass is 271 g/mol. The molecule has 0 aliphatic heterocycles. The van der Waals surface area contributed by atoms with Crippen LogP contribution in [0.2, 0.25) is 5.02 Å². The second-order valence-electron chi connectivity index (χ2n) is 4.72. The van der Waals surface area contributed by atoms with Crippen LogP contribution in [0.5, 0.6) is 0 Å². The van der Waals surface area contributed by atoms with Crippen molar-refractivity contribution in [1.82, 2.24) is 0 Å². The Hall–Kier alpha value is -1.75. The summed E-state index contributed by atoms with van der Waals surface area (Å²) in [4.78, 5) is 22.8. The van der Waals surface area contributed by atoms with Gasteiger partial charge >= 0.3 is 11.9 Å². The third-order valence-corrected chi connectivity index (χ3v) is 2.21. The third-order valence-electron chi connectivity index (χ3n) is 1.99. The highest BCUT2D eigenvalue weighted by atomic mass is 35.5. The Bertz CT molecular complexity index is 506. The average molecular weight is 272 g/mol. The zero-order valence-electron chi connectivity index (χ0n) is 10.3. The molecule has 98 valence electrons. The lowest BCUT2D eigenvalue weighted by molar-refractivity contribution is 0.00708. The Kier molecular flexibility index (Phi) is 3.86. The van der Waals surface area contributed by atoms with Crippen molar-refractivity contribution in [2.75, 3.05) is 5.73 Å². The third kappa shape index (κ3) is 3.37. The van der Waals surface area contributed by atoms with Crippen LogP contribution in [0.15, 0.2) is 12.1 Å². The molecule has 0 amide bonds. The lowest BCUT2D eigenvalue weighted by atomic mass is 10.1. The molecule has 5 nitrogen and oxygen atoms in total. The number of carboxylic acids is 1. The Balaban J connectivity index is 3.25. The average Bonchev–Trinajstić information content (AvgIpc) is 2.17. The van der Waals surface area contributed by atoms with Crippen molar-refractivity contribution in [2.45, 2.75) is 26.4 Å². The molecule has 0 bridgehead atoms. The van der Waals surface area contributed by atoms with E-state index in [9.17, 15) is 9.59 Å². The first-order chi connectivity index (χ1) is 8.11. The van der Waals surface area contributed by atoms with Gasteiger partial charge in [0.15, 0.2) is 0 Å². The maximum Gasteiger partial charge on any atom is 0.340 e. The molecule has 6 heteroatoms. The summed E-state index contributed by atoms with van der Waals surface area (Å²) in [6.07, 6.45) is 0. The van der Waals surface area contributed by atoms with Gasteiger partial charge in [-0.15, -0.1) is 0 Å². The lowest BCUT2D eigenvalue weighted by Gasteiger charge is -2.20. The Morgan fingerprint density at radius 2 is 1.78 bits per heavy atom. The number of nitrogens with two attached hydrogens (primary N) is 1. The molecule has 0 spiro atoms. The number of anilines is 1. The number of esters is 1. The van der Waals surface area contributed by atoms with Crippen molar-refractivity contribution in [1.29, 1.82) is 0 Å². The SMILES string of the molecule is CC(C)(C)OC(=O)c1cc(Cl)cc(C(=O)O)c1N. The number of ether oxygens (including phenoxy) is 1.